The van der Waals surface area contributed by atoms with E-state index in [1.54, 1.807) is 0 Å². The van der Waals surface area contributed by atoms with Gasteiger partial charge in [0.15, 0.2) is 0 Å². The highest BCUT2D eigenvalue weighted by molar-refractivity contribution is 5.31. The standard InChI is InChI=1S/C20H22N4/c1-15-3-2-4-18(22-15)12-23-13-19-9-20(14-23)24(19)11-17-7-5-16(10-21)6-8-17/h2-8,19-20H,9,11-14H2,1H3. The molecule has 0 amide bonds. The number of nitrogens with zero attached hydrogens (tertiary/aromatic N) is 4. The van der Waals surface area contributed by atoms with Crippen LogP contribution in [0.4, 0.5) is 0 Å². The maximum absolute atomic E-state index is 8.90. The number of aryl methyl sites for hydroxylation is 1. The fourth-order valence-electron chi connectivity index (χ4n) is 3.97. The van der Waals surface area contributed by atoms with Crippen LogP contribution in [0.2, 0.25) is 0 Å². The summed E-state index contributed by atoms with van der Waals surface area (Å²) in [6.07, 6.45) is 1.31. The molecule has 24 heavy (non-hydrogen) atoms. The quantitative estimate of drug-likeness (QED) is 0.869. The Kier molecular flexibility index (Phi) is 4.05. The molecule has 0 spiro atoms. The van der Waals surface area contributed by atoms with Crippen molar-refractivity contribution < 1.29 is 0 Å². The second kappa shape index (κ2) is 6.35. The van der Waals surface area contributed by atoms with Gasteiger partial charge in [0.1, 0.15) is 0 Å². The molecule has 0 saturated carbocycles. The van der Waals surface area contributed by atoms with Crippen LogP contribution >= 0.6 is 0 Å². The maximum atomic E-state index is 8.90. The Morgan fingerprint density at radius 2 is 1.83 bits per heavy atom. The van der Waals surface area contributed by atoms with E-state index in [1.807, 2.05) is 12.1 Å². The van der Waals surface area contributed by atoms with Gasteiger partial charge in [0.05, 0.1) is 17.3 Å². The number of rotatable bonds is 4. The highest BCUT2D eigenvalue weighted by Gasteiger charge is 2.44. The third kappa shape index (κ3) is 3.06. The maximum Gasteiger partial charge on any atom is 0.0991 e. The third-order valence-electron chi connectivity index (χ3n) is 5.20. The van der Waals surface area contributed by atoms with Crippen LogP contribution in [0.1, 0.15) is 28.9 Å². The second-order valence-corrected chi connectivity index (χ2v) is 6.99. The molecule has 3 saturated heterocycles. The first kappa shape index (κ1) is 15.3. The molecule has 1 aromatic carbocycles. The van der Waals surface area contributed by atoms with Gasteiger partial charge in [-0.2, -0.15) is 5.26 Å². The van der Waals surface area contributed by atoms with E-state index in [4.69, 9.17) is 5.26 Å². The normalized spacial score (nSPS) is 23.5. The summed E-state index contributed by atoms with van der Waals surface area (Å²) in [6.45, 7) is 6.26. The number of piperazine rings is 1. The summed E-state index contributed by atoms with van der Waals surface area (Å²) in [5, 5.41) is 8.90. The molecule has 0 aliphatic carbocycles. The fourth-order valence-corrected chi connectivity index (χ4v) is 3.97. The first-order valence-electron chi connectivity index (χ1n) is 8.61. The van der Waals surface area contributed by atoms with E-state index in [1.165, 1.54) is 17.7 Å². The lowest BCUT2D eigenvalue weighted by Gasteiger charge is -2.56. The molecule has 3 aliphatic heterocycles. The topological polar surface area (TPSA) is 43.2 Å². The SMILES string of the molecule is Cc1cccc(CN2CC3CC(C2)N3Cc2ccc(C#N)cc2)n1. The molecule has 4 nitrogen and oxygen atoms in total. The van der Waals surface area contributed by atoms with E-state index in [2.05, 4.69) is 58.1 Å². The Labute approximate surface area is 143 Å². The summed E-state index contributed by atoms with van der Waals surface area (Å²) < 4.78 is 0. The molecule has 2 atom stereocenters. The molecule has 3 aliphatic rings. The van der Waals surface area contributed by atoms with Gasteiger partial charge in [-0.3, -0.25) is 14.8 Å². The number of benzene rings is 1. The smallest absolute Gasteiger partial charge is 0.0991 e. The van der Waals surface area contributed by atoms with Crippen LogP contribution in [0.15, 0.2) is 42.5 Å². The van der Waals surface area contributed by atoms with Gasteiger partial charge in [0.2, 0.25) is 0 Å². The van der Waals surface area contributed by atoms with Gasteiger partial charge >= 0.3 is 0 Å². The van der Waals surface area contributed by atoms with E-state index >= 15 is 0 Å². The van der Waals surface area contributed by atoms with E-state index in [9.17, 15) is 0 Å². The van der Waals surface area contributed by atoms with Crippen LogP contribution in [0.3, 0.4) is 0 Å². The molecule has 4 heterocycles. The van der Waals surface area contributed by atoms with Crippen molar-refractivity contribution in [2.24, 2.45) is 0 Å². The number of fused-ring (bicyclic) bond motifs is 2. The van der Waals surface area contributed by atoms with Crippen LogP contribution in [0.25, 0.3) is 0 Å². The van der Waals surface area contributed by atoms with Crippen molar-refractivity contribution in [3.63, 3.8) is 0 Å². The average Bonchev–Trinajstić information content (AvgIpc) is 2.60. The Hall–Kier alpha value is -2.22. The molecular formula is C20H22N4. The van der Waals surface area contributed by atoms with Crippen molar-refractivity contribution in [3.8, 4) is 6.07 Å². The summed E-state index contributed by atoms with van der Waals surface area (Å²) in [7, 11) is 0. The summed E-state index contributed by atoms with van der Waals surface area (Å²) in [5.74, 6) is 0. The zero-order valence-electron chi connectivity index (χ0n) is 14.0. The van der Waals surface area contributed by atoms with Crippen LogP contribution < -0.4 is 0 Å². The lowest BCUT2D eigenvalue weighted by atomic mass is 9.86. The molecule has 5 rings (SSSR count). The van der Waals surface area contributed by atoms with E-state index in [-0.39, 0.29) is 0 Å². The van der Waals surface area contributed by atoms with Crippen LogP contribution in [-0.2, 0) is 13.1 Å². The predicted octanol–water partition coefficient (Wildman–Crippen LogP) is 2.72. The summed E-state index contributed by atoms with van der Waals surface area (Å²) in [5.41, 5.74) is 4.31. The summed E-state index contributed by atoms with van der Waals surface area (Å²) >= 11 is 0. The van der Waals surface area contributed by atoms with Crippen molar-refractivity contribution in [1.82, 2.24) is 14.8 Å². The Morgan fingerprint density at radius 1 is 1.08 bits per heavy atom. The van der Waals surface area contributed by atoms with Crippen molar-refractivity contribution in [3.05, 3.63) is 65.0 Å². The summed E-state index contributed by atoms with van der Waals surface area (Å²) in [4.78, 5) is 9.78. The predicted molar refractivity (Wildman–Crippen MR) is 93.1 cm³/mol. The average molecular weight is 318 g/mol. The molecule has 2 unspecified atom stereocenters. The molecule has 0 N–H and O–H groups in total. The fraction of sp³-hybridized carbons (Fsp3) is 0.400. The van der Waals surface area contributed by atoms with Gasteiger partial charge in [0.25, 0.3) is 0 Å². The highest BCUT2D eigenvalue weighted by atomic mass is 15.4. The first-order chi connectivity index (χ1) is 11.7. The minimum atomic E-state index is 0.657. The van der Waals surface area contributed by atoms with Gasteiger partial charge in [-0.25, -0.2) is 0 Å². The number of pyridine rings is 1. The van der Waals surface area contributed by atoms with Crippen LogP contribution in [-0.4, -0.2) is 40.0 Å². The van der Waals surface area contributed by atoms with Gasteiger partial charge in [-0.15, -0.1) is 0 Å². The molecule has 1 aromatic heterocycles. The molecule has 4 heteroatoms. The molecule has 2 bridgehead atoms. The van der Waals surface area contributed by atoms with Gasteiger partial charge < -0.3 is 0 Å². The van der Waals surface area contributed by atoms with Gasteiger partial charge in [0, 0.05) is 44.0 Å². The monoisotopic (exact) mass is 318 g/mol. The summed E-state index contributed by atoms with van der Waals surface area (Å²) in [6, 6.07) is 17.8. The lowest BCUT2D eigenvalue weighted by molar-refractivity contribution is -0.0777. The Balaban J connectivity index is 1.35. The molecule has 122 valence electrons. The number of aromatic nitrogens is 1. The van der Waals surface area contributed by atoms with E-state index in [0.717, 1.165) is 37.4 Å². The van der Waals surface area contributed by atoms with Gasteiger partial charge in [-0.1, -0.05) is 18.2 Å². The van der Waals surface area contributed by atoms with E-state index in [0.29, 0.717) is 12.1 Å². The lowest BCUT2D eigenvalue weighted by Crippen LogP contribution is -2.67. The minimum Gasteiger partial charge on any atom is -0.294 e. The molecule has 3 fully saturated rings. The van der Waals surface area contributed by atoms with Crippen molar-refractivity contribution >= 4 is 0 Å². The second-order valence-electron chi connectivity index (χ2n) is 6.99. The molecule has 2 aromatic rings. The Bertz CT molecular complexity index is 750. The van der Waals surface area contributed by atoms with Crippen molar-refractivity contribution in [2.45, 2.75) is 38.5 Å². The third-order valence-corrected chi connectivity index (χ3v) is 5.20. The molecular weight excluding hydrogens is 296 g/mol. The Morgan fingerprint density at radius 3 is 2.50 bits per heavy atom. The molecule has 0 radical (unpaired) electrons. The number of nitriles is 1. The van der Waals surface area contributed by atoms with E-state index < -0.39 is 0 Å². The van der Waals surface area contributed by atoms with Crippen molar-refractivity contribution in [2.75, 3.05) is 13.1 Å². The highest BCUT2D eigenvalue weighted by Crippen LogP contribution is 2.34. The van der Waals surface area contributed by atoms with Crippen LogP contribution in [0, 0.1) is 18.3 Å². The van der Waals surface area contributed by atoms with Crippen molar-refractivity contribution in [1.29, 1.82) is 5.26 Å². The van der Waals surface area contributed by atoms with Gasteiger partial charge in [-0.05, 0) is 43.2 Å². The number of hydrogen-bond donors (Lipinski definition) is 0. The number of piperidine rings is 1. The largest absolute Gasteiger partial charge is 0.294 e. The zero-order valence-corrected chi connectivity index (χ0v) is 14.0. The van der Waals surface area contributed by atoms with Crippen LogP contribution in [0.5, 0.6) is 0 Å². The minimum absolute atomic E-state index is 0.657. The number of hydrogen-bond acceptors (Lipinski definition) is 4. The first-order valence-corrected chi connectivity index (χ1v) is 8.61. The zero-order chi connectivity index (χ0) is 16.5.